The summed E-state index contributed by atoms with van der Waals surface area (Å²) < 4.78 is 13.3. The standard InChI is InChI=1S/C40H36BrN5O4/c41-35-18-9-7-16-31(35)26-40(39(48)43-27-34(28-12-3-1-4-13-28)29-14-5-2-6-15-29)37(33-17-8-10-19-36(33)45-46-42)50-38(44-40)30-20-22-32(23-21-30)49-25-11-24-47/h1-10,12-23,34,37,47H,11,24-27H2,(H,43,48)/t37-,40-/m1/s1. The number of amides is 1. The summed E-state index contributed by atoms with van der Waals surface area (Å²) >= 11 is 3.69. The van der Waals surface area contributed by atoms with Gasteiger partial charge in [0.1, 0.15) is 5.75 Å². The Morgan fingerprint density at radius 1 is 0.920 bits per heavy atom. The number of ether oxygens (including phenoxy) is 2. The lowest BCUT2D eigenvalue weighted by Gasteiger charge is -2.32. The quantitative estimate of drug-likeness (QED) is 0.0513. The monoisotopic (exact) mass is 729 g/mol. The SMILES string of the molecule is [N-]=[N+]=Nc1ccccc1[C@H]1OC(c2ccc(OCCCO)cc2)=N[C@@]1(Cc1ccccc1Br)C(=O)NCC(c1ccccc1)c1ccccc1. The van der Waals surface area contributed by atoms with Gasteiger partial charge in [0.2, 0.25) is 5.90 Å². The average Bonchev–Trinajstić information content (AvgIpc) is 3.54. The van der Waals surface area contributed by atoms with E-state index < -0.39 is 11.6 Å². The molecule has 1 heterocycles. The van der Waals surface area contributed by atoms with Gasteiger partial charge in [-0.3, -0.25) is 4.79 Å². The van der Waals surface area contributed by atoms with Crippen molar-refractivity contribution in [2.45, 2.75) is 30.4 Å². The summed E-state index contributed by atoms with van der Waals surface area (Å²) in [6.45, 7) is 0.730. The minimum Gasteiger partial charge on any atom is -0.494 e. The molecule has 1 aliphatic rings. The summed E-state index contributed by atoms with van der Waals surface area (Å²) in [5.41, 5.74) is 12.5. The molecular formula is C40H36BrN5O4. The number of rotatable bonds is 14. The van der Waals surface area contributed by atoms with Crippen LogP contribution in [0.15, 0.2) is 148 Å². The largest absolute Gasteiger partial charge is 0.494 e. The molecule has 2 N–H and O–H groups in total. The van der Waals surface area contributed by atoms with E-state index in [0.717, 1.165) is 21.2 Å². The highest BCUT2D eigenvalue weighted by molar-refractivity contribution is 9.10. The Morgan fingerprint density at radius 3 is 2.22 bits per heavy atom. The number of nitrogens with zero attached hydrogens (tertiary/aromatic N) is 4. The molecule has 252 valence electrons. The lowest BCUT2D eigenvalue weighted by Crippen LogP contribution is -2.50. The molecule has 1 amide bonds. The zero-order chi connectivity index (χ0) is 34.8. The van der Waals surface area contributed by atoms with Crippen molar-refractivity contribution in [3.8, 4) is 5.75 Å². The van der Waals surface area contributed by atoms with Crippen LogP contribution < -0.4 is 10.1 Å². The molecule has 0 spiro atoms. The Hall–Kier alpha value is -5.41. The highest BCUT2D eigenvalue weighted by atomic mass is 79.9. The first-order valence-corrected chi connectivity index (χ1v) is 17.2. The number of hydrogen-bond acceptors (Lipinski definition) is 6. The van der Waals surface area contributed by atoms with Crippen LogP contribution in [-0.2, 0) is 16.0 Å². The summed E-state index contributed by atoms with van der Waals surface area (Å²) in [4.78, 5) is 23.3. The summed E-state index contributed by atoms with van der Waals surface area (Å²) in [5, 5.41) is 16.4. The zero-order valence-electron chi connectivity index (χ0n) is 27.2. The van der Waals surface area contributed by atoms with Gasteiger partial charge >= 0.3 is 0 Å². The maximum atomic E-state index is 15.0. The summed E-state index contributed by atoms with van der Waals surface area (Å²) in [6, 6.07) is 42.3. The first-order valence-electron chi connectivity index (χ1n) is 16.4. The smallest absolute Gasteiger partial charge is 0.252 e. The molecule has 6 rings (SSSR count). The Labute approximate surface area is 299 Å². The highest BCUT2D eigenvalue weighted by Gasteiger charge is 2.54. The fourth-order valence-corrected chi connectivity index (χ4v) is 6.61. The van der Waals surface area contributed by atoms with E-state index >= 15 is 4.79 Å². The molecule has 5 aromatic carbocycles. The molecule has 0 aromatic heterocycles. The van der Waals surface area contributed by atoms with E-state index in [0.29, 0.717) is 42.1 Å². The second-order valence-electron chi connectivity index (χ2n) is 11.9. The van der Waals surface area contributed by atoms with Crippen LogP contribution in [0, 0.1) is 0 Å². The van der Waals surface area contributed by atoms with Crippen molar-refractivity contribution in [3.05, 3.63) is 176 Å². The lowest BCUT2D eigenvalue weighted by atomic mass is 9.81. The number of azide groups is 1. The van der Waals surface area contributed by atoms with Crippen LogP contribution in [0.4, 0.5) is 5.69 Å². The molecule has 0 unspecified atom stereocenters. The van der Waals surface area contributed by atoms with Gasteiger partial charge in [-0.2, -0.15) is 0 Å². The van der Waals surface area contributed by atoms with Crippen LogP contribution in [-0.4, -0.2) is 42.2 Å². The van der Waals surface area contributed by atoms with Gasteiger partial charge in [-0.15, -0.1) is 0 Å². The van der Waals surface area contributed by atoms with Crippen LogP contribution in [0.5, 0.6) is 5.75 Å². The molecule has 9 nitrogen and oxygen atoms in total. The van der Waals surface area contributed by atoms with Crippen LogP contribution in [0.3, 0.4) is 0 Å². The first-order chi connectivity index (χ1) is 24.5. The minimum absolute atomic E-state index is 0.0422. The van der Waals surface area contributed by atoms with Gasteiger partial charge in [0, 0.05) is 58.1 Å². The zero-order valence-corrected chi connectivity index (χ0v) is 28.8. The van der Waals surface area contributed by atoms with E-state index in [9.17, 15) is 5.53 Å². The molecule has 5 aromatic rings. The predicted octanol–water partition coefficient (Wildman–Crippen LogP) is 8.60. The normalized spacial score (nSPS) is 16.6. The van der Waals surface area contributed by atoms with Gasteiger partial charge in [-0.1, -0.05) is 124 Å². The number of hydrogen-bond donors (Lipinski definition) is 2. The number of aliphatic imine (C=N–C) groups is 1. The van der Waals surface area contributed by atoms with Crippen molar-refractivity contribution < 1.29 is 19.4 Å². The molecule has 0 aliphatic carbocycles. The third kappa shape index (κ3) is 7.74. The molecule has 0 saturated heterocycles. The molecular weight excluding hydrogens is 694 g/mol. The number of aliphatic hydroxyl groups is 1. The van der Waals surface area contributed by atoms with Crippen LogP contribution >= 0.6 is 15.9 Å². The fourth-order valence-electron chi connectivity index (χ4n) is 6.19. The van der Waals surface area contributed by atoms with Gasteiger partial charge in [-0.25, -0.2) is 4.99 Å². The van der Waals surface area contributed by atoms with Crippen LogP contribution in [0.25, 0.3) is 10.4 Å². The fraction of sp³-hybridized carbons (Fsp3) is 0.200. The van der Waals surface area contributed by atoms with E-state index in [1.165, 1.54) is 0 Å². The van der Waals surface area contributed by atoms with Crippen molar-refractivity contribution in [1.82, 2.24) is 5.32 Å². The van der Waals surface area contributed by atoms with Crippen LogP contribution in [0.2, 0.25) is 0 Å². The molecule has 0 bridgehead atoms. The second-order valence-corrected chi connectivity index (χ2v) is 12.7. The molecule has 2 atom stereocenters. The topological polar surface area (TPSA) is 129 Å². The summed E-state index contributed by atoms with van der Waals surface area (Å²) in [7, 11) is 0. The van der Waals surface area contributed by atoms with Crippen molar-refractivity contribution in [2.24, 2.45) is 10.1 Å². The lowest BCUT2D eigenvalue weighted by molar-refractivity contribution is -0.129. The van der Waals surface area contributed by atoms with Gasteiger partial charge in [0.15, 0.2) is 11.6 Å². The van der Waals surface area contributed by atoms with Gasteiger partial charge in [-0.05, 0) is 52.6 Å². The van der Waals surface area contributed by atoms with Crippen LogP contribution in [0.1, 0.15) is 46.3 Å². The molecule has 0 saturated carbocycles. The summed E-state index contributed by atoms with van der Waals surface area (Å²) in [5.74, 6) is 0.457. The second kappa shape index (κ2) is 16.3. The number of carbonyl (C=O) groups excluding carboxylic acids is 1. The van der Waals surface area contributed by atoms with E-state index in [2.05, 4.69) is 55.5 Å². The molecule has 1 aliphatic heterocycles. The maximum Gasteiger partial charge on any atom is 0.252 e. The Kier molecular flexibility index (Phi) is 11.3. The maximum absolute atomic E-state index is 15.0. The number of benzene rings is 5. The number of aliphatic hydroxyl groups excluding tert-OH is 1. The minimum atomic E-state index is -1.51. The van der Waals surface area contributed by atoms with E-state index in [1.54, 1.807) is 24.3 Å². The van der Waals surface area contributed by atoms with E-state index in [4.69, 9.17) is 19.6 Å². The van der Waals surface area contributed by atoms with Crippen molar-refractivity contribution in [3.63, 3.8) is 0 Å². The van der Waals surface area contributed by atoms with E-state index in [1.807, 2.05) is 84.9 Å². The third-order valence-electron chi connectivity index (χ3n) is 8.69. The highest BCUT2D eigenvalue weighted by Crippen LogP contribution is 2.46. The average molecular weight is 731 g/mol. The number of carbonyl (C=O) groups is 1. The van der Waals surface area contributed by atoms with Crippen molar-refractivity contribution >= 4 is 33.4 Å². The van der Waals surface area contributed by atoms with Crippen molar-refractivity contribution in [1.29, 1.82) is 0 Å². The van der Waals surface area contributed by atoms with Gasteiger partial charge < -0.3 is 19.9 Å². The Morgan fingerprint density at radius 2 is 1.56 bits per heavy atom. The van der Waals surface area contributed by atoms with E-state index in [-0.39, 0.29) is 30.8 Å². The predicted molar refractivity (Wildman–Crippen MR) is 198 cm³/mol. The van der Waals surface area contributed by atoms with Crippen molar-refractivity contribution in [2.75, 3.05) is 19.8 Å². The summed E-state index contributed by atoms with van der Waals surface area (Å²) in [6.07, 6.45) is -0.243. The first kappa shape index (κ1) is 34.5. The Bertz CT molecular complexity index is 1950. The van der Waals surface area contributed by atoms with Gasteiger partial charge in [0.05, 0.1) is 6.61 Å². The van der Waals surface area contributed by atoms with Gasteiger partial charge in [0.25, 0.3) is 5.91 Å². The molecule has 0 radical (unpaired) electrons. The Balaban J connectivity index is 1.45. The molecule has 0 fully saturated rings. The molecule has 50 heavy (non-hydrogen) atoms. The number of nitrogens with one attached hydrogen (secondary N) is 1. The molecule has 10 heteroatoms. The third-order valence-corrected chi connectivity index (χ3v) is 9.46. The number of halogens is 1.